The number of rotatable bonds is 18. The number of piperidine rings is 3. The SMILES string of the molecule is CC(O)[C@]12CC[C@@](CO[C@H](C)c3cc(C(F)(F)F)cc(C(F)(F)F)c3)(c3ccccc3)N(CC(=O)N1)C2.CC(O)[C@]12CC[C@@](CO[C@H](C)c3cc(C(F)(F)F)cc(C(F)(F)F)c3)(c3ccccc3)N(CC(=O)N1)C2.C[C@@H](OC[C@@]1(c2ccccc2)CC[C@]2(CO)CN1CC(=O)N2)c1cc(C(F)(F)F)cc(C(F)(F)F)c1. The Kier molecular flexibility index (Phi) is 24.3. The molecule has 3 amide bonds. The van der Waals surface area contributed by atoms with Crippen molar-refractivity contribution >= 4 is 17.7 Å². The highest BCUT2D eigenvalue weighted by Crippen LogP contribution is 2.50. The van der Waals surface area contributed by atoms with E-state index < -0.39 is 134 Å². The maximum atomic E-state index is 13.4. The van der Waals surface area contributed by atoms with Gasteiger partial charge in [0.15, 0.2) is 0 Å². The molecule has 6 aromatic carbocycles. The number of aliphatic hydroxyl groups is 3. The first-order valence-electron chi connectivity index (χ1n) is 35.2. The van der Waals surface area contributed by atoms with E-state index in [9.17, 15) is 109 Å². The molecule has 6 saturated heterocycles. The first-order valence-corrected chi connectivity index (χ1v) is 35.2. The minimum Gasteiger partial charge on any atom is -0.394 e. The Balaban J connectivity index is 0.000000176. The molecule has 6 aliphatic rings. The van der Waals surface area contributed by atoms with Gasteiger partial charge >= 0.3 is 37.1 Å². The summed E-state index contributed by atoms with van der Waals surface area (Å²) in [7, 11) is 0. The number of aliphatic hydroxyl groups excluding tert-OH is 3. The zero-order valence-electron chi connectivity index (χ0n) is 60.0. The number of amides is 3. The van der Waals surface area contributed by atoms with Gasteiger partial charge in [0.25, 0.3) is 0 Å². The molecule has 6 heterocycles. The Morgan fingerprint density at radius 3 is 0.855 bits per heavy atom. The van der Waals surface area contributed by atoms with Crippen LogP contribution in [0, 0.1) is 0 Å². The van der Waals surface area contributed by atoms with Gasteiger partial charge in [0.1, 0.15) is 0 Å². The Morgan fingerprint density at radius 1 is 0.364 bits per heavy atom. The molecular weight excluding hydrogens is 1490 g/mol. The van der Waals surface area contributed by atoms with Gasteiger partial charge in [-0.2, -0.15) is 79.0 Å². The lowest BCUT2D eigenvalue weighted by atomic mass is 9.71. The maximum Gasteiger partial charge on any atom is 0.416 e. The second-order valence-corrected chi connectivity index (χ2v) is 29.4. The van der Waals surface area contributed by atoms with E-state index in [-0.39, 0.29) is 98.7 Å². The number of carbonyl (C=O) groups excluding carboxylic acids is 3. The fourth-order valence-corrected chi connectivity index (χ4v) is 15.7. The number of hydrogen-bond donors (Lipinski definition) is 6. The van der Waals surface area contributed by atoms with Gasteiger partial charge in [-0.1, -0.05) is 91.0 Å². The largest absolute Gasteiger partial charge is 0.416 e. The summed E-state index contributed by atoms with van der Waals surface area (Å²) >= 11 is 0. The van der Waals surface area contributed by atoms with Crippen molar-refractivity contribution in [3.8, 4) is 0 Å². The van der Waals surface area contributed by atoms with Crippen LogP contribution in [0.1, 0.15) is 158 Å². The molecule has 0 aliphatic carbocycles. The number of piperazine rings is 3. The maximum absolute atomic E-state index is 13.4. The Bertz CT molecular complexity index is 3950. The van der Waals surface area contributed by atoms with Crippen LogP contribution in [0.15, 0.2) is 146 Å². The molecular formula is C77H82F18N6O9. The van der Waals surface area contributed by atoms with Crippen molar-refractivity contribution in [2.75, 3.05) is 65.7 Å². The normalized spacial score (nSPS) is 27.8. The third-order valence-electron chi connectivity index (χ3n) is 22.2. The fourth-order valence-electron chi connectivity index (χ4n) is 15.7. The van der Waals surface area contributed by atoms with Gasteiger partial charge in [0, 0.05) is 19.6 Å². The summed E-state index contributed by atoms with van der Waals surface area (Å²) in [4.78, 5) is 43.3. The first-order chi connectivity index (χ1) is 51.1. The third kappa shape index (κ3) is 18.3. The van der Waals surface area contributed by atoms with E-state index in [1.807, 2.05) is 93.6 Å². The zero-order chi connectivity index (χ0) is 80.8. The first kappa shape index (κ1) is 84.6. The standard InChI is InChI=1S/2C26H28F6N2O3.C25H26F6N2O3/c2*1-16(18-10-20(25(27,28)29)12-21(11-18)26(30,31)32)37-15-24(19-6-4-3-5-7-19)9-8-23(17(2)35)14-34(24)13-22(36)33-23;1-16(17-9-19(24(26,27)28)11-20(10-17)25(29,30)31)36-15-23(18-5-3-2-4-6-18)8-7-22(14-34)13-33(23)12-21(35)32-22/h2*3-7,10-12,16-17,35H,8-9,13-15H2,1-2H3,(H,33,36);2-6,9-11,16,34H,7-8,12-15H2,1H3,(H,32,35)/t2*16-,17?,23-,24-;16-,22-,23-/m111/s1. The number of hydrogen-bond acceptors (Lipinski definition) is 12. The highest BCUT2D eigenvalue weighted by molar-refractivity contribution is 5.81. The number of carbonyl (C=O) groups is 3. The van der Waals surface area contributed by atoms with Crippen LogP contribution in [0.3, 0.4) is 0 Å². The molecule has 0 radical (unpaired) electrons. The average molecular weight is 1580 g/mol. The summed E-state index contributed by atoms with van der Waals surface area (Å²) in [6.07, 6.45) is -32.2. The quantitative estimate of drug-likeness (QED) is 0.0448. The van der Waals surface area contributed by atoms with E-state index in [4.69, 9.17) is 14.2 Å². The molecule has 33 heteroatoms. The molecule has 6 aromatic rings. The molecule has 12 rings (SSSR count). The number of nitrogens with zero attached hydrogens (tertiary/aromatic N) is 3. The van der Waals surface area contributed by atoms with Crippen molar-refractivity contribution in [1.82, 2.24) is 30.7 Å². The predicted molar refractivity (Wildman–Crippen MR) is 362 cm³/mol. The van der Waals surface area contributed by atoms with Crippen molar-refractivity contribution in [3.63, 3.8) is 0 Å². The molecule has 0 spiro atoms. The highest BCUT2D eigenvalue weighted by atomic mass is 19.4. The van der Waals surface area contributed by atoms with E-state index >= 15 is 0 Å². The molecule has 6 aliphatic heterocycles. The topological polar surface area (TPSA) is 185 Å². The Hall–Kier alpha value is -7.89. The predicted octanol–water partition coefficient (Wildman–Crippen LogP) is 14.7. The number of ether oxygens (including phenoxy) is 3. The molecule has 600 valence electrons. The number of alkyl halides is 18. The number of halogens is 18. The molecule has 110 heavy (non-hydrogen) atoms. The molecule has 6 bridgehead atoms. The lowest BCUT2D eigenvalue weighted by Crippen LogP contribution is -2.74. The molecule has 0 aromatic heterocycles. The third-order valence-corrected chi connectivity index (χ3v) is 22.2. The van der Waals surface area contributed by atoms with Crippen LogP contribution in [-0.2, 0) is 82.3 Å². The minimum absolute atomic E-state index is 0.00286. The van der Waals surface area contributed by atoms with Crippen LogP contribution in [0.5, 0.6) is 0 Å². The van der Waals surface area contributed by atoms with Gasteiger partial charge in [0.2, 0.25) is 17.7 Å². The molecule has 14 atom stereocenters. The van der Waals surface area contributed by atoms with E-state index in [0.29, 0.717) is 94.6 Å². The van der Waals surface area contributed by atoms with Crippen LogP contribution in [-0.4, -0.2) is 142 Å². The zero-order valence-corrected chi connectivity index (χ0v) is 60.0. The second kappa shape index (κ2) is 31.6. The van der Waals surface area contributed by atoms with Gasteiger partial charge < -0.3 is 45.5 Å². The van der Waals surface area contributed by atoms with Crippen LogP contribution < -0.4 is 16.0 Å². The van der Waals surface area contributed by atoms with Crippen LogP contribution in [0.2, 0.25) is 0 Å². The second-order valence-electron chi connectivity index (χ2n) is 29.4. The molecule has 6 fully saturated rings. The van der Waals surface area contributed by atoms with E-state index in [2.05, 4.69) is 16.0 Å². The van der Waals surface area contributed by atoms with E-state index in [1.54, 1.807) is 26.0 Å². The highest BCUT2D eigenvalue weighted by Gasteiger charge is 2.58. The minimum atomic E-state index is -4.96. The molecule has 5 unspecified atom stereocenters. The lowest BCUT2D eigenvalue weighted by Gasteiger charge is -2.58. The molecule has 0 saturated carbocycles. The Morgan fingerprint density at radius 2 is 0.609 bits per heavy atom. The summed E-state index contributed by atoms with van der Waals surface area (Å²) in [5.74, 6) is -0.850. The van der Waals surface area contributed by atoms with Gasteiger partial charge in [0.05, 0.1) is 143 Å². The van der Waals surface area contributed by atoms with Crippen molar-refractivity contribution in [2.45, 2.75) is 174 Å². The van der Waals surface area contributed by atoms with Gasteiger partial charge in [-0.25, -0.2) is 0 Å². The molecule has 15 nitrogen and oxygen atoms in total. The lowest BCUT2D eigenvalue weighted by molar-refractivity contribution is -0.152. The number of benzene rings is 6. The summed E-state index contributed by atoms with van der Waals surface area (Å²) in [6, 6.07) is 31.7. The van der Waals surface area contributed by atoms with Crippen molar-refractivity contribution in [1.29, 1.82) is 0 Å². The Labute approximate surface area is 621 Å². The summed E-state index contributed by atoms with van der Waals surface area (Å²) in [5.41, 5.74) is -11.9. The van der Waals surface area contributed by atoms with Crippen LogP contribution in [0.25, 0.3) is 0 Å². The van der Waals surface area contributed by atoms with Gasteiger partial charge in [-0.3, -0.25) is 29.1 Å². The smallest absolute Gasteiger partial charge is 0.394 e. The van der Waals surface area contributed by atoms with E-state index in [0.717, 1.165) is 16.7 Å². The summed E-state index contributed by atoms with van der Waals surface area (Å²) < 4.78 is 258. The number of fused-ring (bicyclic) bond motifs is 6. The van der Waals surface area contributed by atoms with Crippen molar-refractivity contribution in [2.24, 2.45) is 0 Å². The van der Waals surface area contributed by atoms with Gasteiger partial charge in [-0.05, 0) is 161 Å². The van der Waals surface area contributed by atoms with Gasteiger partial charge in [-0.15, -0.1) is 0 Å². The van der Waals surface area contributed by atoms with Crippen molar-refractivity contribution < 1.29 is 123 Å². The fraction of sp³-hybridized carbons (Fsp3) is 0.494. The van der Waals surface area contributed by atoms with Crippen LogP contribution in [0.4, 0.5) is 79.0 Å². The van der Waals surface area contributed by atoms with Crippen LogP contribution >= 0.6 is 0 Å². The number of nitrogens with one attached hydrogen (secondary N) is 3. The summed E-state index contributed by atoms with van der Waals surface area (Å²) in [5, 5.41) is 39.4. The monoisotopic (exact) mass is 1580 g/mol. The summed E-state index contributed by atoms with van der Waals surface area (Å²) in [6.45, 7) is 7.86. The van der Waals surface area contributed by atoms with Crippen molar-refractivity contribution in [3.05, 3.63) is 212 Å². The van der Waals surface area contributed by atoms with E-state index in [1.165, 1.54) is 20.8 Å². The molecule has 6 N–H and O–H groups in total. The average Bonchev–Trinajstić information content (AvgIpc) is 0.742.